The largest absolute Gasteiger partial charge is 0.484 e. The van der Waals surface area contributed by atoms with Crippen molar-refractivity contribution in [2.75, 3.05) is 0 Å². The number of fused-ring (bicyclic) bond motifs is 1. The maximum Gasteiger partial charge on any atom is 0.414 e. The Morgan fingerprint density at radius 2 is 1.79 bits per heavy atom. The van der Waals surface area contributed by atoms with Crippen molar-refractivity contribution in [2.45, 2.75) is 32.5 Å². The van der Waals surface area contributed by atoms with E-state index in [0.29, 0.717) is 23.8 Å². The van der Waals surface area contributed by atoms with E-state index in [1.807, 2.05) is 62.4 Å². The number of aryl methyl sites for hydroxylation is 1. The number of carbonyl (C=O) groups excluding carboxylic acids is 2. The SMILES string of the molecule is Cc1oc(-c2cccc3ccccc23)nc1C(C)Oc1ccc(CC2OC(=O)NC2=O)cc1. The summed E-state index contributed by atoms with van der Waals surface area (Å²) in [6.45, 7) is 3.81. The summed E-state index contributed by atoms with van der Waals surface area (Å²) >= 11 is 0. The zero-order valence-corrected chi connectivity index (χ0v) is 18.2. The minimum absolute atomic E-state index is 0.310. The van der Waals surface area contributed by atoms with E-state index in [-0.39, 0.29) is 6.10 Å². The van der Waals surface area contributed by atoms with Crippen LogP contribution in [0, 0.1) is 6.92 Å². The molecule has 2 amide bonds. The maximum atomic E-state index is 11.7. The second-order valence-corrected chi connectivity index (χ2v) is 7.98. The number of hydrogen-bond acceptors (Lipinski definition) is 6. The summed E-state index contributed by atoms with van der Waals surface area (Å²) in [5.74, 6) is 1.51. The summed E-state index contributed by atoms with van der Waals surface area (Å²) in [6.07, 6.45) is -1.52. The van der Waals surface area contributed by atoms with Gasteiger partial charge in [0, 0.05) is 12.0 Å². The van der Waals surface area contributed by atoms with Gasteiger partial charge in [0.2, 0.25) is 5.89 Å². The van der Waals surface area contributed by atoms with Crippen LogP contribution in [0.25, 0.3) is 22.2 Å². The van der Waals surface area contributed by atoms with Crippen LogP contribution < -0.4 is 10.1 Å². The highest BCUT2D eigenvalue weighted by Gasteiger charge is 2.32. The predicted octanol–water partition coefficient (Wildman–Crippen LogP) is 5.12. The molecule has 5 rings (SSSR count). The van der Waals surface area contributed by atoms with Crippen LogP contribution in [0.3, 0.4) is 0 Å². The lowest BCUT2D eigenvalue weighted by atomic mass is 10.0. The van der Waals surface area contributed by atoms with Crippen LogP contribution in [0.2, 0.25) is 0 Å². The van der Waals surface area contributed by atoms with Gasteiger partial charge < -0.3 is 13.9 Å². The fourth-order valence-electron chi connectivity index (χ4n) is 4.02. The van der Waals surface area contributed by atoms with Crippen LogP contribution in [0.5, 0.6) is 5.75 Å². The number of cyclic esters (lactones) is 1. The van der Waals surface area contributed by atoms with Crippen LogP contribution >= 0.6 is 0 Å². The molecule has 1 saturated heterocycles. The smallest absolute Gasteiger partial charge is 0.414 e. The normalized spacial score (nSPS) is 16.5. The molecule has 1 aliphatic heterocycles. The van der Waals surface area contributed by atoms with Gasteiger partial charge in [0.15, 0.2) is 6.10 Å². The van der Waals surface area contributed by atoms with E-state index in [0.717, 1.165) is 27.6 Å². The molecular formula is C26H22N2O5. The van der Waals surface area contributed by atoms with Gasteiger partial charge in [-0.05, 0) is 48.4 Å². The molecule has 1 fully saturated rings. The predicted molar refractivity (Wildman–Crippen MR) is 122 cm³/mol. The second kappa shape index (κ2) is 8.43. The number of rotatable bonds is 6. The Morgan fingerprint density at radius 1 is 1.03 bits per heavy atom. The third-order valence-electron chi connectivity index (χ3n) is 5.66. The number of aromatic nitrogens is 1. The average molecular weight is 442 g/mol. The number of oxazole rings is 1. The first-order chi connectivity index (χ1) is 16.0. The van der Waals surface area contributed by atoms with E-state index in [1.165, 1.54) is 0 Å². The van der Waals surface area contributed by atoms with Gasteiger partial charge in [-0.25, -0.2) is 9.78 Å². The standard InChI is InChI=1S/C26H22N2O5/c1-15(31-19-12-10-17(11-13-19)14-22-24(29)28-26(30)33-22)23-16(2)32-25(27-23)21-9-5-7-18-6-3-4-8-20(18)21/h3-13,15,22H,14H2,1-2H3,(H,28,29,30). The summed E-state index contributed by atoms with van der Waals surface area (Å²) in [6, 6.07) is 21.5. The molecule has 33 heavy (non-hydrogen) atoms. The molecular weight excluding hydrogens is 420 g/mol. The molecule has 7 heteroatoms. The quantitative estimate of drug-likeness (QED) is 0.446. The van der Waals surface area contributed by atoms with Crippen molar-refractivity contribution in [3.05, 3.63) is 83.7 Å². The van der Waals surface area contributed by atoms with E-state index < -0.39 is 18.1 Å². The summed E-state index contributed by atoms with van der Waals surface area (Å²) < 4.78 is 17.1. The first-order valence-corrected chi connectivity index (χ1v) is 10.7. The zero-order valence-electron chi connectivity index (χ0n) is 18.2. The molecule has 166 valence electrons. The molecule has 7 nitrogen and oxygen atoms in total. The molecule has 1 aliphatic rings. The Balaban J connectivity index is 1.31. The summed E-state index contributed by atoms with van der Waals surface area (Å²) in [5, 5.41) is 4.34. The van der Waals surface area contributed by atoms with Crippen LogP contribution in [-0.2, 0) is 16.0 Å². The van der Waals surface area contributed by atoms with Crippen LogP contribution in [-0.4, -0.2) is 23.1 Å². The van der Waals surface area contributed by atoms with Crippen molar-refractivity contribution in [1.82, 2.24) is 10.3 Å². The molecule has 1 aromatic heterocycles. The first kappa shape index (κ1) is 20.8. The third kappa shape index (κ3) is 4.17. The molecule has 0 bridgehead atoms. The third-order valence-corrected chi connectivity index (χ3v) is 5.66. The molecule has 3 aromatic carbocycles. The van der Waals surface area contributed by atoms with E-state index in [1.54, 1.807) is 0 Å². The highest BCUT2D eigenvalue weighted by atomic mass is 16.6. The van der Waals surface area contributed by atoms with Crippen LogP contribution in [0.15, 0.2) is 71.1 Å². The summed E-state index contributed by atoms with van der Waals surface area (Å²) in [7, 11) is 0. The van der Waals surface area contributed by atoms with E-state index in [9.17, 15) is 9.59 Å². The van der Waals surface area contributed by atoms with Crippen molar-refractivity contribution in [2.24, 2.45) is 0 Å². The van der Waals surface area contributed by atoms with Gasteiger partial charge in [0.05, 0.1) is 0 Å². The number of amides is 2. The van der Waals surface area contributed by atoms with Crippen LogP contribution in [0.4, 0.5) is 4.79 Å². The molecule has 0 spiro atoms. The summed E-state index contributed by atoms with van der Waals surface area (Å²) in [5.41, 5.74) is 2.54. The van der Waals surface area contributed by atoms with Crippen LogP contribution in [0.1, 0.15) is 30.0 Å². The number of alkyl carbamates (subject to hydrolysis) is 1. The lowest BCUT2D eigenvalue weighted by Gasteiger charge is -2.14. The Bertz CT molecular complexity index is 1340. The van der Waals surface area contributed by atoms with Gasteiger partial charge in [-0.15, -0.1) is 0 Å². The minimum atomic E-state index is -0.798. The summed E-state index contributed by atoms with van der Waals surface area (Å²) in [4.78, 5) is 27.6. The Labute approximate surface area is 190 Å². The van der Waals surface area contributed by atoms with Gasteiger partial charge in [-0.1, -0.05) is 48.5 Å². The number of ether oxygens (including phenoxy) is 2. The first-order valence-electron chi connectivity index (χ1n) is 10.7. The lowest BCUT2D eigenvalue weighted by molar-refractivity contribution is -0.123. The molecule has 1 N–H and O–H groups in total. The van der Waals surface area contributed by atoms with Crippen molar-refractivity contribution in [3.8, 4) is 17.2 Å². The maximum absolute atomic E-state index is 11.7. The highest BCUT2D eigenvalue weighted by Crippen LogP contribution is 2.32. The zero-order chi connectivity index (χ0) is 22.9. The van der Waals surface area contributed by atoms with Crippen molar-refractivity contribution in [1.29, 1.82) is 0 Å². The minimum Gasteiger partial charge on any atom is -0.484 e. The highest BCUT2D eigenvalue weighted by molar-refractivity contribution is 6.00. The molecule has 2 unspecified atom stereocenters. The van der Waals surface area contributed by atoms with Crippen molar-refractivity contribution >= 4 is 22.8 Å². The average Bonchev–Trinajstić information content (AvgIpc) is 3.35. The van der Waals surface area contributed by atoms with Gasteiger partial charge >= 0.3 is 6.09 Å². The topological polar surface area (TPSA) is 90.7 Å². The number of nitrogens with zero attached hydrogens (tertiary/aromatic N) is 1. The number of carbonyl (C=O) groups is 2. The van der Waals surface area contributed by atoms with Gasteiger partial charge in [-0.2, -0.15) is 0 Å². The van der Waals surface area contributed by atoms with E-state index >= 15 is 0 Å². The van der Waals surface area contributed by atoms with Crippen molar-refractivity contribution < 1.29 is 23.5 Å². The fourth-order valence-corrected chi connectivity index (χ4v) is 4.02. The number of nitrogens with one attached hydrogen (secondary N) is 1. The van der Waals surface area contributed by atoms with Gasteiger partial charge in [-0.3, -0.25) is 10.1 Å². The number of imide groups is 1. The number of benzene rings is 3. The Morgan fingerprint density at radius 3 is 2.55 bits per heavy atom. The Kier molecular flexibility index (Phi) is 5.30. The molecule has 2 atom stereocenters. The molecule has 0 radical (unpaired) electrons. The second-order valence-electron chi connectivity index (χ2n) is 7.98. The molecule has 2 heterocycles. The molecule has 0 aliphatic carbocycles. The molecule has 0 saturated carbocycles. The Hall–Kier alpha value is -4.13. The van der Waals surface area contributed by atoms with Crippen molar-refractivity contribution in [3.63, 3.8) is 0 Å². The lowest BCUT2D eigenvalue weighted by Crippen LogP contribution is -2.25. The van der Waals surface area contributed by atoms with Gasteiger partial charge in [0.1, 0.15) is 23.3 Å². The fraction of sp³-hybridized carbons (Fsp3) is 0.192. The molecule has 4 aromatic rings. The monoisotopic (exact) mass is 442 g/mol. The van der Waals surface area contributed by atoms with E-state index in [2.05, 4.69) is 23.5 Å². The van der Waals surface area contributed by atoms with Gasteiger partial charge in [0.25, 0.3) is 5.91 Å². The number of hydrogen-bond donors (Lipinski definition) is 1. The van der Waals surface area contributed by atoms with E-state index in [4.69, 9.17) is 18.9 Å².